The van der Waals surface area contributed by atoms with Crippen molar-refractivity contribution < 1.29 is 24.2 Å². The van der Waals surface area contributed by atoms with Gasteiger partial charge in [-0.05, 0) is 64.3 Å². The molecule has 0 aromatic heterocycles. The number of unbranched alkanes of at least 4 members (excludes halogenated alkanes) is 1. The lowest BCUT2D eigenvalue weighted by atomic mass is 9.70. The van der Waals surface area contributed by atoms with Crippen LogP contribution in [0.25, 0.3) is 0 Å². The molecule has 6 atom stereocenters. The van der Waals surface area contributed by atoms with Gasteiger partial charge in [-0.15, -0.1) is 24.9 Å². The summed E-state index contributed by atoms with van der Waals surface area (Å²) < 4.78 is 4.86. The second-order valence-electron chi connectivity index (χ2n) is 11.2. The Kier molecular flexibility index (Phi) is 10.3. The van der Waals surface area contributed by atoms with Crippen LogP contribution in [0.3, 0.4) is 0 Å². The van der Waals surface area contributed by atoms with Crippen molar-refractivity contribution in [1.29, 1.82) is 0 Å². The average Bonchev–Trinajstić information content (AvgIpc) is 3.54. The molecule has 4 rings (SSSR count). The number of carbonyl (C=O) groups excluding carboxylic acids is 3. The maximum Gasteiger partial charge on any atom is 0.247 e. The summed E-state index contributed by atoms with van der Waals surface area (Å²) in [7, 11) is 0. The van der Waals surface area contributed by atoms with Gasteiger partial charge in [-0.2, -0.15) is 0 Å². The van der Waals surface area contributed by atoms with Crippen LogP contribution in [-0.4, -0.2) is 92.4 Å². The quantitative estimate of drug-likeness (QED) is 0.184. The fraction of sp³-hybridized carbons (Fsp3) is 0.581. The van der Waals surface area contributed by atoms with E-state index in [1.807, 2.05) is 45.0 Å². The summed E-state index contributed by atoms with van der Waals surface area (Å²) in [6.07, 6.45) is 5.14. The maximum atomic E-state index is 14.5. The first-order valence-corrected chi connectivity index (χ1v) is 16.3. The molecule has 0 radical (unpaired) electrons. The monoisotopic (exact) mass is 647 g/mol. The number of thioether (sulfide) groups is 1. The minimum absolute atomic E-state index is 0.0176. The number of aliphatic hydroxyl groups is 1. The summed E-state index contributed by atoms with van der Waals surface area (Å²) in [5.41, 5.74) is 0.709. The highest BCUT2D eigenvalue weighted by atomic mass is 79.9. The van der Waals surface area contributed by atoms with E-state index < -0.39 is 22.6 Å². The van der Waals surface area contributed by atoms with Crippen LogP contribution in [0.1, 0.15) is 40.0 Å². The Labute approximate surface area is 256 Å². The van der Waals surface area contributed by atoms with E-state index in [1.54, 1.807) is 38.6 Å². The predicted molar refractivity (Wildman–Crippen MR) is 167 cm³/mol. The Hall–Kier alpha value is -2.30. The second kappa shape index (κ2) is 13.3. The molecule has 3 aliphatic heterocycles. The Bertz CT molecular complexity index is 1150. The fourth-order valence-corrected chi connectivity index (χ4v) is 10.3. The molecule has 224 valence electrons. The van der Waals surface area contributed by atoms with Gasteiger partial charge in [-0.1, -0.05) is 28.1 Å². The number of ether oxygens (including phenoxy) is 1. The second-order valence-corrected chi connectivity index (χ2v) is 13.9. The number of benzene rings is 1. The van der Waals surface area contributed by atoms with E-state index in [0.717, 1.165) is 5.75 Å². The lowest BCUT2D eigenvalue weighted by molar-refractivity contribution is -0.143. The molecular weight excluding hydrogens is 606 g/mol. The standard InChI is InChI=1S/C31H42BrN3O5S/c1-6-15-33(20(4)5)30(39)27-31-19-23(32)26(41-31)24(25(31)29(38)35(27)17-9-10-18-36)28(37)34(16-7-2)21-11-13-22(14-12-21)40-8-3/h6-7,11-14,20,23-27,36H,1-2,8-10,15-19H2,3-5H3/t23?,24-,25+,26-,27?,31?/m1/s1. The van der Waals surface area contributed by atoms with Crippen LogP contribution in [0.2, 0.25) is 0 Å². The van der Waals surface area contributed by atoms with Gasteiger partial charge in [0, 0.05) is 48.0 Å². The molecule has 1 N–H and O–H groups in total. The normalized spacial score (nSPS) is 28.1. The van der Waals surface area contributed by atoms with Crippen LogP contribution in [0, 0.1) is 11.8 Å². The Balaban J connectivity index is 1.75. The number of hydrogen-bond donors (Lipinski definition) is 1. The van der Waals surface area contributed by atoms with Crippen molar-refractivity contribution in [3.63, 3.8) is 0 Å². The third kappa shape index (κ3) is 5.71. The largest absolute Gasteiger partial charge is 0.494 e. The molecule has 1 spiro atoms. The van der Waals surface area contributed by atoms with Gasteiger partial charge in [0.2, 0.25) is 17.7 Å². The molecule has 1 aromatic carbocycles. The molecule has 0 saturated carbocycles. The molecule has 41 heavy (non-hydrogen) atoms. The number of amides is 3. The van der Waals surface area contributed by atoms with Gasteiger partial charge in [0.1, 0.15) is 11.8 Å². The first-order valence-electron chi connectivity index (χ1n) is 14.5. The molecular formula is C31H42BrN3O5S. The van der Waals surface area contributed by atoms with Crippen LogP contribution in [0.15, 0.2) is 49.6 Å². The zero-order valence-electron chi connectivity index (χ0n) is 24.2. The highest BCUT2D eigenvalue weighted by molar-refractivity contribution is 9.09. The zero-order valence-corrected chi connectivity index (χ0v) is 26.6. The number of carbonyl (C=O) groups is 3. The summed E-state index contributed by atoms with van der Waals surface area (Å²) >= 11 is 5.49. The molecule has 3 amide bonds. The summed E-state index contributed by atoms with van der Waals surface area (Å²) in [5.74, 6) is -0.864. The Morgan fingerprint density at radius 2 is 1.88 bits per heavy atom. The number of halogens is 1. The lowest BCUT2D eigenvalue weighted by Gasteiger charge is -2.39. The third-order valence-corrected chi connectivity index (χ3v) is 11.6. The number of alkyl halides is 1. The van der Waals surface area contributed by atoms with E-state index in [1.165, 1.54) is 0 Å². The number of anilines is 1. The highest BCUT2D eigenvalue weighted by Crippen LogP contribution is 2.68. The van der Waals surface area contributed by atoms with Crippen LogP contribution >= 0.6 is 27.7 Å². The number of fused-ring (bicyclic) bond motifs is 1. The van der Waals surface area contributed by atoms with E-state index in [4.69, 9.17) is 4.74 Å². The summed E-state index contributed by atoms with van der Waals surface area (Å²) in [6.45, 7) is 15.2. The molecule has 3 unspecified atom stereocenters. The Morgan fingerprint density at radius 1 is 1.20 bits per heavy atom. The molecule has 3 saturated heterocycles. The minimum atomic E-state index is -0.723. The van der Waals surface area contributed by atoms with E-state index in [-0.39, 0.29) is 40.4 Å². The van der Waals surface area contributed by atoms with Crippen molar-refractivity contribution in [3.05, 3.63) is 49.6 Å². The van der Waals surface area contributed by atoms with Crippen LogP contribution in [0.5, 0.6) is 5.75 Å². The molecule has 2 bridgehead atoms. The average molecular weight is 649 g/mol. The Morgan fingerprint density at radius 3 is 2.46 bits per heavy atom. The number of likely N-dealkylation sites (tertiary alicyclic amines) is 1. The first kappa shape index (κ1) is 31.6. The van der Waals surface area contributed by atoms with E-state index in [0.29, 0.717) is 51.2 Å². The highest BCUT2D eigenvalue weighted by Gasteiger charge is 2.76. The lowest BCUT2D eigenvalue weighted by Crippen LogP contribution is -2.57. The van der Waals surface area contributed by atoms with Gasteiger partial charge in [-0.25, -0.2) is 0 Å². The summed E-state index contributed by atoms with van der Waals surface area (Å²) in [4.78, 5) is 48.2. The van der Waals surface area contributed by atoms with Crippen molar-refractivity contribution in [2.75, 3.05) is 37.7 Å². The van der Waals surface area contributed by atoms with E-state index >= 15 is 0 Å². The van der Waals surface area contributed by atoms with Crippen molar-refractivity contribution in [1.82, 2.24) is 9.80 Å². The fourth-order valence-electron chi connectivity index (χ4n) is 6.70. The van der Waals surface area contributed by atoms with Gasteiger partial charge in [0.25, 0.3) is 0 Å². The summed E-state index contributed by atoms with van der Waals surface area (Å²) in [6, 6.07) is 6.62. The molecule has 0 aliphatic carbocycles. The number of rotatable bonds is 14. The molecule has 3 heterocycles. The number of hydrogen-bond acceptors (Lipinski definition) is 6. The predicted octanol–water partition coefficient (Wildman–Crippen LogP) is 4.26. The van der Waals surface area contributed by atoms with Gasteiger partial charge in [0.15, 0.2) is 0 Å². The molecule has 10 heteroatoms. The van der Waals surface area contributed by atoms with Gasteiger partial charge in [-0.3, -0.25) is 14.4 Å². The molecule has 8 nitrogen and oxygen atoms in total. The van der Waals surface area contributed by atoms with Crippen LogP contribution in [0.4, 0.5) is 5.69 Å². The van der Waals surface area contributed by atoms with Gasteiger partial charge >= 0.3 is 0 Å². The third-order valence-electron chi connectivity index (χ3n) is 8.38. The molecule has 3 fully saturated rings. The number of aliphatic hydroxyl groups excluding tert-OH is 1. The maximum absolute atomic E-state index is 14.5. The molecule has 1 aromatic rings. The van der Waals surface area contributed by atoms with Crippen molar-refractivity contribution in [3.8, 4) is 5.75 Å². The van der Waals surface area contributed by atoms with Gasteiger partial charge < -0.3 is 24.5 Å². The summed E-state index contributed by atoms with van der Waals surface area (Å²) in [5, 5.41) is 9.28. The van der Waals surface area contributed by atoms with E-state index in [9.17, 15) is 19.5 Å². The van der Waals surface area contributed by atoms with Crippen LogP contribution in [-0.2, 0) is 14.4 Å². The van der Waals surface area contributed by atoms with Crippen molar-refractivity contribution in [2.45, 2.75) is 66.9 Å². The zero-order chi connectivity index (χ0) is 29.9. The minimum Gasteiger partial charge on any atom is -0.494 e. The van der Waals surface area contributed by atoms with Crippen molar-refractivity contribution in [2.24, 2.45) is 11.8 Å². The first-order chi connectivity index (χ1) is 19.7. The molecule has 3 aliphatic rings. The topological polar surface area (TPSA) is 90.4 Å². The van der Waals surface area contributed by atoms with Gasteiger partial charge in [0.05, 0.1) is 23.2 Å². The smallest absolute Gasteiger partial charge is 0.247 e. The SMILES string of the molecule is C=CCN(C(=O)[C@H]1[C@@H]2SC3(CC2Br)C(C(=O)N(CC=C)C(C)C)N(CCCCO)C(=O)[C@H]13)c1ccc(OCC)cc1. The number of nitrogens with zero attached hydrogens (tertiary/aromatic N) is 3. The van der Waals surface area contributed by atoms with Crippen molar-refractivity contribution >= 4 is 51.1 Å². The van der Waals surface area contributed by atoms with Crippen LogP contribution < -0.4 is 9.64 Å². The van der Waals surface area contributed by atoms with E-state index in [2.05, 4.69) is 29.1 Å².